The highest BCUT2D eigenvalue weighted by molar-refractivity contribution is 5.93. The van der Waals surface area contributed by atoms with Gasteiger partial charge in [-0.25, -0.2) is 0 Å². The number of benzene rings is 2. The number of amides is 1. The van der Waals surface area contributed by atoms with Crippen molar-refractivity contribution in [2.45, 2.75) is 19.4 Å². The summed E-state index contributed by atoms with van der Waals surface area (Å²) in [4.78, 5) is 25.0. The lowest BCUT2D eigenvalue weighted by Crippen LogP contribution is -2.33. The zero-order chi connectivity index (χ0) is 18.5. The van der Waals surface area contributed by atoms with Crippen molar-refractivity contribution in [1.82, 2.24) is 4.90 Å². The van der Waals surface area contributed by atoms with Gasteiger partial charge in [-0.3, -0.25) is 19.8 Å². The highest BCUT2D eigenvalue weighted by Gasteiger charge is 2.24. The summed E-state index contributed by atoms with van der Waals surface area (Å²) in [5.74, 6) is -0.158. The van der Waals surface area contributed by atoms with E-state index < -0.39 is 4.92 Å². The molecule has 1 saturated heterocycles. The van der Waals surface area contributed by atoms with Crippen LogP contribution in [0.25, 0.3) is 0 Å². The molecular weight excluding hydrogens is 332 g/mol. The van der Waals surface area contributed by atoms with E-state index in [9.17, 15) is 14.9 Å². The molecule has 1 amide bonds. The maximum absolute atomic E-state index is 12.3. The molecule has 0 radical (unpaired) electrons. The fraction of sp³-hybridized carbons (Fsp3) is 0.316. The topological polar surface area (TPSA) is 87.5 Å². The molecule has 0 spiro atoms. The van der Waals surface area contributed by atoms with Gasteiger partial charge in [-0.15, -0.1) is 0 Å². The molecule has 0 saturated carbocycles. The standard InChI is InChI=1S/C19H22N4O3/c1-14-17(8-5-9-18(14)23(25)26)21-19(24)13-22-11-10-16(12-22)20-15-6-3-2-4-7-15/h2-9,16,20H,10-13H2,1H3,(H,21,24). The highest BCUT2D eigenvalue weighted by atomic mass is 16.6. The number of carbonyl (C=O) groups excluding carboxylic acids is 1. The van der Waals surface area contributed by atoms with Crippen LogP contribution in [0.4, 0.5) is 17.1 Å². The molecule has 7 heteroatoms. The minimum absolute atomic E-state index is 0.0103. The molecule has 0 aliphatic carbocycles. The summed E-state index contributed by atoms with van der Waals surface area (Å²) in [5, 5.41) is 17.3. The van der Waals surface area contributed by atoms with Crippen LogP contribution < -0.4 is 10.6 Å². The lowest BCUT2D eigenvalue weighted by atomic mass is 10.1. The summed E-state index contributed by atoms with van der Waals surface area (Å²) in [6, 6.07) is 15.0. The number of para-hydroxylation sites is 1. The van der Waals surface area contributed by atoms with Crippen LogP contribution in [0.15, 0.2) is 48.5 Å². The van der Waals surface area contributed by atoms with E-state index in [1.807, 2.05) is 30.3 Å². The normalized spacial score (nSPS) is 17.0. The molecule has 2 N–H and O–H groups in total. The molecule has 1 fully saturated rings. The van der Waals surface area contributed by atoms with Gasteiger partial charge in [-0.2, -0.15) is 0 Å². The van der Waals surface area contributed by atoms with Gasteiger partial charge < -0.3 is 10.6 Å². The summed E-state index contributed by atoms with van der Waals surface area (Å²) < 4.78 is 0. The molecule has 1 heterocycles. The molecule has 3 rings (SSSR count). The Morgan fingerprint density at radius 2 is 2.00 bits per heavy atom. The minimum Gasteiger partial charge on any atom is -0.381 e. The number of hydrogen-bond acceptors (Lipinski definition) is 5. The summed E-state index contributed by atoms with van der Waals surface area (Å²) in [7, 11) is 0. The molecule has 1 aliphatic rings. The van der Waals surface area contributed by atoms with Crippen LogP contribution in [0.2, 0.25) is 0 Å². The minimum atomic E-state index is -0.439. The molecule has 2 aromatic carbocycles. The smallest absolute Gasteiger partial charge is 0.274 e. The van der Waals surface area contributed by atoms with Gasteiger partial charge in [0.15, 0.2) is 0 Å². The van der Waals surface area contributed by atoms with Gasteiger partial charge in [-0.1, -0.05) is 24.3 Å². The molecular formula is C19H22N4O3. The van der Waals surface area contributed by atoms with Crippen LogP contribution in [0.1, 0.15) is 12.0 Å². The van der Waals surface area contributed by atoms with Gasteiger partial charge in [0.05, 0.1) is 22.7 Å². The van der Waals surface area contributed by atoms with E-state index in [1.54, 1.807) is 19.1 Å². The Morgan fingerprint density at radius 3 is 2.73 bits per heavy atom. The summed E-state index contributed by atoms with van der Waals surface area (Å²) in [6.45, 7) is 3.54. The Balaban J connectivity index is 1.53. The van der Waals surface area contributed by atoms with Crippen molar-refractivity contribution >= 4 is 23.0 Å². The Bertz CT molecular complexity index is 795. The molecule has 26 heavy (non-hydrogen) atoms. The Labute approximate surface area is 152 Å². The summed E-state index contributed by atoms with van der Waals surface area (Å²) in [6.07, 6.45) is 0.970. The van der Waals surface area contributed by atoms with Gasteiger partial charge in [0, 0.05) is 30.9 Å². The number of likely N-dealkylation sites (tertiary alicyclic amines) is 1. The number of nitrogens with zero attached hydrogens (tertiary/aromatic N) is 2. The zero-order valence-electron chi connectivity index (χ0n) is 14.6. The third-order valence-electron chi connectivity index (χ3n) is 4.56. The highest BCUT2D eigenvalue weighted by Crippen LogP contribution is 2.25. The monoisotopic (exact) mass is 354 g/mol. The van der Waals surface area contributed by atoms with Crippen LogP contribution >= 0.6 is 0 Å². The quantitative estimate of drug-likeness (QED) is 0.615. The van der Waals surface area contributed by atoms with Crippen molar-refractivity contribution in [3.05, 3.63) is 64.2 Å². The molecule has 1 atom stereocenters. The Kier molecular flexibility index (Phi) is 5.48. The van der Waals surface area contributed by atoms with Crippen LogP contribution in [-0.4, -0.2) is 41.4 Å². The first-order chi connectivity index (χ1) is 12.5. The zero-order valence-corrected chi connectivity index (χ0v) is 14.6. The first kappa shape index (κ1) is 17.9. The second-order valence-corrected chi connectivity index (χ2v) is 6.49. The largest absolute Gasteiger partial charge is 0.381 e. The summed E-state index contributed by atoms with van der Waals surface area (Å²) in [5.41, 5.74) is 2.05. The number of hydrogen-bond donors (Lipinski definition) is 2. The number of nitrogens with one attached hydrogen (secondary N) is 2. The van der Waals surface area contributed by atoms with Crippen molar-refractivity contribution in [1.29, 1.82) is 0 Å². The number of carbonyl (C=O) groups is 1. The van der Waals surface area contributed by atoms with E-state index in [2.05, 4.69) is 15.5 Å². The first-order valence-electron chi connectivity index (χ1n) is 8.60. The maximum atomic E-state index is 12.3. The predicted octanol–water partition coefficient (Wildman–Crippen LogP) is 3.03. The molecule has 2 aromatic rings. The fourth-order valence-corrected chi connectivity index (χ4v) is 3.21. The Hall–Kier alpha value is -2.93. The van der Waals surface area contributed by atoms with Gasteiger partial charge in [0.25, 0.3) is 5.69 Å². The third kappa shape index (κ3) is 4.37. The number of nitro groups is 1. The number of rotatable bonds is 6. The lowest BCUT2D eigenvalue weighted by Gasteiger charge is -2.17. The van der Waals surface area contributed by atoms with Crippen molar-refractivity contribution in [3.63, 3.8) is 0 Å². The maximum Gasteiger partial charge on any atom is 0.274 e. The van der Waals surface area contributed by atoms with Gasteiger partial charge in [-0.05, 0) is 31.5 Å². The van der Waals surface area contributed by atoms with E-state index in [1.165, 1.54) is 6.07 Å². The average Bonchev–Trinajstić information content (AvgIpc) is 3.04. The predicted molar refractivity (Wildman–Crippen MR) is 101 cm³/mol. The number of anilines is 2. The van der Waals surface area contributed by atoms with E-state index in [0.29, 0.717) is 17.3 Å². The van der Waals surface area contributed by atoms with Crippen molar-refractivity contribution in [2.75, 3.05) is 30.3 Å². The van der Waals surface area contributed by atoms with Crippen LogP contribution in [0.5, 0.6) is 0 Å². The van der Waals surface area contributed by atoms with E-state index in [-0.39, 0.29) is 18.1 Å². The van der Waals surface area contributed by atoms with E-state index >= 15 is 0 Å². The molecule has 0 bridgehead atoms. The van der Waals surface area contributed by atoms with Crippen molar-refractivity contribution < 1.29 is 9.72 Å². The molecule has 1 aliphatic heterocycles. The molecule has 0 aromatic heterocycles. The van der Waals surface area contributed by atoms with Gasteiger partial charge in [0.2, 0.25) is 5.91 Å². The molecule has 136 valence electrons. The second-order valence-electron chi connectivity index (χ2n) is 6.49. The van der Waals surface area contributed by atoms with Gasteiger partial charge >= 0.3 is 0 Å². The van der Waals surface area contributed by atoms with Gasteiger partial charge in [0.1, 0.15) is 0 Å². The lowest BCUT2D eigenvalue weighted by molar-refractivity contribution is -0.385. The average molecular weight is 354 g/mol. The third-order valence-corrected chi connectivity index (χ3v) is 4.56. The van der Waals surface area contributed by atoms with Crippen molar-refractivity contribution in [3.8, 4) is 0 Å². The Morgan fingerprint density at radius 1 is 1.23 bits per heavy atom. The second kappa shape index (κ2) is 7.97. The molecule has 7 nitrogen and oxygen atoms in total. The van der Waals surface area contributed by atoms with E-state index in [4.69, 9.17) is 0 Å². The van der Waals surface area contributed by atoms with Crippen molar-refractivity contribution in [2.24, 2.45) is 0 Å². The fourth-order valence-electron chi connectivity index (χ4n) is 3.21. The molecule has 1 unspecified atom stereocenters. The van der Waals surface area contributed by atoms with E-state index in [0.717, 1.165) is 25.2 Å². The summed E-state index contributed by atoms with van der Waals surface area (Å²) >= 11 is 0. The van der Waals surface area contributed by atoms with Crippen LogP contribution in [0.3, 0.4) is 0 Å². The van der Waals surface area contributed by atoms with Crippen LogP contribution in [0, 0.1) is 17.0 Å². The SMILES string of the molecule is Cc1c(NC(=O)CN2CCC(Nc3ccccc3)C2)cccc1[N+](=O)[O-]. The first-order valence-corrected chi connectivity index (χ1v) is 8.60. The number of nitro benzene ring substituents is 1. The van der Waals surface area contributed by atoms with Crippen LogP contribution in [-0.2, 0) is 4.79 Å².